The highest BCUT2D eigenvalue weighted by Crippen LogP contribution is 2.29. The molecule has 1 aliphatic carbocycles. The first-order valence-electron chi connectivity index (χ1n) is 12.9. The average Bonchev–Trinajstić information content (AvgIpc) is 3.45. The van der Waals surface area contributed by atoms with Crippen molar-refractivity contribution in [2.24, 2.45) is 21.5 Å². The van der Waals surface area contributed by atoms with E-state index in [0.29, 0.717) is 5.75 Å². The van der Waals surface area contributed by atoms with E-state index < -0.39 is 23.5 Å². The minimum absolute atomic E-state index is 0.0161. The molecule has 0 spiro atoms. The van der Waals surface area contributed by atoms with Crippen LogP contribution in [-0.4, -0.2) is 23.7 Å². The van der Waals surface area contributed by atoms with Gasteiger partial charge in [0.1, 0.15) is 24.0 Å². The number of benzene rings is 3. The van der Waals surface area contributed by atoms with Crippen molar-refractivity contribution >= 4 is 23.4 Å². The standard InChI is InChI=1S/C30H29F4N5O2/c31-25-16-23(41-18-19-6-2-1-3-7-19)14-15-24(25)26(35)17-27(36)38-29(37-22-8-4-5-9-22)39-28(40)20-10-12-21(13-11-20)30(32,33)34/h1-3,6-7,10-17,22H,4-5,8-9,18,35H2,(H3,36,37,38,39,40). The first kappa shape index (κ1) is 29.3. The molecular weight excluding hydrogens is 538 g/mol. The molecule has 1 fully saturated rings. The molecule has 214 valence electrons. The Morgan fingerprint density at radius 1 is 1.00 bits per heavy atom. The van der Waals surface area contributed by atoms with Crippen molar-refractivity contribution in [1.29, 1.82) is 0 Å². The van der Waals surface area contributed by atoms with Gasteiger partial charge in [-0.2, -0.15) is 18.2 Å². The predicted molar refractivity (Wildman–Crippen MR) is 150 cm³/mol. The molecule has 5 N–H and O–H groups in total. The summed E-state index contributed by atoms with van der Waals surface area (Å²) < 4.78 is 59.1. The van der Waals surface area contributed by atoms with Gasteiger partial charge in [0.2, 0.25) is 5.96 Å². The van der Waals surface area contributed by atoms with Crippen molar-refractivity contribution in [2.45, 2.75) is 44.5 Å². The smallest absolute Gasteiger partial charge is 0.416 e. The number of ether oxygens (including phenoxy) is 1. The zero-order chi connectivity index (χ0) is 29.4. The SMILES string of the molecule is NC(=CC(N)=NC(=NC1CCCC1)NC(=O)c1ccc(C(F)(F)F)cc1)c1ccc(OCc2ccccc2)cc1F. The molecule has 0 aliphatic heterocycles. The lowest BCUT2D eigenvalue weighted by atomic mass is 10.1. The minimum atomic E-state index is -4.52. The quantitative estimate of drug-likeness (QED) is 0.190. The number of carbonyl (C=O) groups is 1. The summed E-state index contributed by atoms with van der Waals surface area (Å²) in [6, 6.07) is 17.3. The third-order valence-corrected chi connectivity index (χ3v) is 6.37. The molecule has 0 aromatic heterocycles. The van der Waals surface area contributed by atoms with E-state index in [1.807, 2.05) is 30.3 Å². The van der Waals surface area contributed by atoms with E-state index in [2.05, 4.69) is 15.3 Å². The summed E-state index contributed by atoms with van der Waals surface area (Å²) in [6.45, 7) is 0.270. The van der Waals surface area contributed by atoms with Crippen molar-refractivity contribution in [3.63, 3.8) is 0 Å². The second-order valence-corrected chi connectivity index (χ2v) is 9.47. The number of nitrogens with one attached hydrogen (secondary N) is 1. The summed E-state index contributed by atoms with van der Waals surface area (Å²) in [4.78, 5) is 21.4. The Labute approximate surface area is 234 Å². The zero-order valence-electron chi connectivity index (χ0n) is 22.0. The number of carbonyl (C=O) groups excluding carboxylic acids is 1. The Kier molecular flexibility index (Phi) is 9.38. The fraction of sp³-hybridized carbons (Fsp3) is 0.233. The summed E-state index contributed by atoms with van der Waals surface area (Å²) in [5, 5.41) is 2.51. The van der Waals surface area contributed by atoms with E-state index >= 15 is 0 Å². The third-order valence-electron chi connectivity index (χ3n) is 6.37. The van der Waals surface area contributed by atoms with E-state index in [1.165, 1.54) is 18.2 Å². The zero-order valence-corrected chi connectivity index (χ0v) is 22.0. The molecule has 11 heteroatoms. The maximum atomic E-state index is 14.8. The Bertz CT molecular complexity index is 1450. The lowest BCUT2D eigenvalue weighted by molar-refractivity contribution is -0.137. The summed E-state index contributed by atoms with van der Waals surface area (Å²) in [5.41, 5.74) is 12.2. The summed E-state index contributed by atoms with van der Waals surface area (Å²) >= 11 is 0. The average molecular weight is 568 g/mol. The normalized spacial score (nSPS) is 15.2. The molecule has 0 radical (unpaired) electrons. The number of amides is 1. The molecule has 4 rings (SSSR count). The number of hydrogen-bond acceptors (Lipinski definition) is 4. The number of nitrogens with zero attached hydrogens (tertiary/aromatic N) is 2. The van der Waals surface area contributed by atoms with Crippen LogP contribution >= 0.6 is 0 Å². The Hall–Kier alpha value is -4.67. The molecule has 1 aliphatic rings. The van der Waals surface area contributed by atoms with Crippen LogP contribution in [0.2, 0.25) is 0 Å². The molecule has 7 nitrogen and oxygen atoms in total. The first-order valence-corrected chi connectivity index (χ1v) is 12.9. The van der Waals surface area contributed by atoms with Crippen molar-refractivity contribution in [3.8, 4) is 5.75 Å². The van der Waals surface area contributed by atoms with Gasteiger partial charge in [-0.1, -0.05) is 43.2 Å². The maximum absolute atomic E-state index is 14.8. The summed E-state index contributed by atoms with van der Waals surface area (Å²) in [7, 11) is 0. The van der Waals surface area contributed by atoms with Crippen LogP contribution in [0.15, 0.2) is 88.9 Å². The van der Waals surface area contributed by atoms with Gasteiger partial charge in [-0.25, -0.2) is 9.38 Å². The van der Waals surface area contributed by atoms with E-state index in [1.54, 1.807) is 6.07 Å². The van der Waals surface area contributed by atoms with Gasteiger partial charge in [-0.3, -0.25) is 10.1 Å². The first-order chi connectivity index (χ1) is 19.6. The maximum Gasteiger partial charge on any atom is 0.416 e. The fourth-order valence-electron chi connectivity index (χ4n) is 4.23. The molecule has 1 amide bonds. The monoisotopic (exact) mass is 567 g/mol. The van der Waals surface area contributed by atoms with Crippen LogP contribution in [0.3, 0.4) is 0 Å². The number of hydrogen-bond donors (Lipinski definition) is 3. The highest BCUT2D eigenvalue weighted by atomic mass is 19.4. The van der Waals surface area contributed by atoms with Gasteiger partial charge in [0.15, 0.2) is 0 Å². The number of guanidine groups is 1. The van der Waals surface area contributed by atoms with Gasteiger partial charge in [0, 0.05) is 29.0 Å². The molecule has 0 bridgehead atoms. The van der Waals surface area contributed by atoms with Gasteiger partial charge in [-0.15, -0.1) is 0 Å². The van der Waals surface area contributed by atoms with Crippen molar-refractivity contribution in [2.75, 3.05) is 0 Å². The second-order valence-electron chi connectivity index (χ2n) is 9.47. The largest absolute Gasteiger partial charge is 0.489 e. The van der Waals surface area contributed by atoms with Gasteiger partial charge in [0.25, 0.3) is 5.91 Å². The van der Waals surface area contributed by atoms with Crippen LogP contribution in [0.25, 0.3) is 5.70 Å². The van der Waals surface area contributed by atoms with Crippen LogP contribution in [0.5, 0.6) is 5.75 Å². The Morgan fingerprint density at radius 3 is 2.32 bits per heavy atom. The van der Waals surface area contributed by atoms with Gasteiger partial charge in [0.05, 0.1) is 11.6 Å². The van der Waals surface area contributed by atoms with Crippen LogP contribution in [-0.2, 0) is 12.8 Å². The third kappa shape index (κ3) is 8.41. The van der Waals surface area contributed by atoms with E-state index in [0.717, 1.165) is 55.5 Å². The predicted octanol–water partition coefficient (Wildman–Crippen LogP) is 5.81. The topological polar surface area (TPSA) is 115 Å². The number of amidine groups is 1. The molecule has 0 heterocycles. The Morgan fingerprint density at radius 2 is 1.68 bits per heavy atom. The molecule has 0 unspecified atom stereocenters. The van der Waals surface area contributed by atoms with Crippen LogP contribution in [0.4, 0.5) is 17.6 Å². The number of nitrogens with two attached hydrogens (primary N) is 2. The molecule has 3 aromatic carbocycles. The molecule has 0 saturated heterocycles. The summed E-state index contributed by atoms with van der Waals surface area (Å²) in [5.74, 6) is -1.29. The minimum Gasteiger partial charge on any atom is -0.489 e. The number of rotatable bonds is 7. The van der Waals surface area contributed by atoms with E-state index in [4.69, 9.17) is 16.2 Å². The second kappa shape index (κ2) is 13.1. The molecule has 1 saturated carbocycles. The highest BCUT2D eigenvalue weighted by Gasteiger charge is 2.30. The number of halogens is 4. The van der Waals surface area contributed by atoms with Gasteiger partial charge >= 0.3 is 6.18 Å². The van der Waals surface area contributed by atoms with Crippen LogP contribution < -0.4 is 21.5 Å². The molecule has 41 heavy (non-hydrogen) atoms. The van der Waals surface area contributed by atoms with Crippen molar-refractivity contribution < 1.29 is 27.1 Å². The Balaban J connectivity index is 1.49. The van der Waals surface area contributed by atoms with Crippen LogP contribution in [0.1, 0.15) is 52.7 Å². The van der Waals surface area contributed by atoms with Gasteiger partial charge < -0.3 is 16.2 Å². The lowest BCUT2D eigenvalue weighted by Crippen LogP contribution is -2.32. The van der Waals surface area contributed by atoms with Crippen molar-refractivity contribution in [1.82, 2.24) is 5.32 Å². The molecule has 0 atom stereocenters. The van der Waals surface area contributed by atoms with Crippen LogP contribution in [0, 0.1) is 5.82 Å². The number of alkyl halides is 3. The highest BCUT2D eigenvalue weighted by molar-refractivity contribution is 6.11. The van der Waals surface area contributed by atoms with E-state index in [-0.39, 0.29) is 41.3 Å². The van der Waals surface area contributed by atoms with Gasteiger partial charge in [-0.05, 0) is 54.8 Å². The fourth-order valence-corrected chi connectivity index (χ4v) is 4.23. The molecular formula is C30H29F4N5O2. The lowest BCUT2D eigenvalue weighted by Gasteiger charge is -2.11. The van der Waals surface area contributed by atoms with Crippen molar-refractivity contribution in [3.05, 3.63) is 107 Å². The summed E-state index contributed by atoms with van der Waals surface area (Å²) in [6.07, 6.45) is 0.213. The van der Waals surface area contributed by atoms with E-state index in [9.17, 15) is 22.4 Å². The number of aliphatic imine (C=N–C) groups is 2. The molecule has 3 aromatic rings.